The Balaban J connectivity index is 0.804. The van der Waals surface area contributed by atoms with Gasteiger partial charge in [-0.1, -0.05) is 169 Å². The summed E-state index contributed by atoms with van der Waals surface area (Å²) in [5, 5.41) is 12.7. The second-order valence-electron chi connectivity index (χ2n) is 21.7. The Morgan fingerprint density at radius 3 is 1.03 bits per heavy atom. The lowest BCUT2D eigenvalue weighted by Gasteiger charge is -2.18. The van der Waals surface area contributed by atoms with Crippen LogP contribution >= 0.6 is 0 Å². The van der Waals surface area contributed by atoms with Gasteiger partial charge in [-0.3, -0.25) is 28.8 Å². The molecule has 0 unspecified atom stereocenters. The van der Waals surface area contributed by atoms with Crippen LogP contribution in [-0.2, 0) is 19.2 Å². The maximum absolute atomic E-state index is 14.2. The molecule has 0 spiro atoms. The van der Waals surface area contributed by atoms with Gasteiger partial charge in [0.05, 0.1) is 23.7 Å². The minimum absolute atomic E-state index is 0.0187. The van der Waals surface area contributed by atoms with Crippen LogP contribution in [0.2, 0.25) is 0 Å². The molecule has 2 aliphatic heterocycles. The fourth-order valence-corrected chi connectivity index (χ4v) is 11.6. The molecule has 0 bridgehead atoms. The van der Waals surface area contributed by atoms with E-state index in [0.717, 1.165) is 38.5 Å². The van der Waals surface area contributed by atoms with Crippen LogP contribution in [0.4, 0.5) is 0 Å². The van der Waals surface area contributed by atoms with Crippen LogP contribution < -0.4 is 21.3 Å². The van der Waals surface area contributed by atoms with Crippen molar-refractivity contribution in [2.45, 2.75) is 139 Å². The number of rotatable bonds is 25. The molecule has 0 aromatic heterocycles. The number of hydrogen-bond donors (Lipinski definition) is 4. The molecule has 12 heteroatoms. The number of benzene rings is 4. The highest BCUT2D eigenvalue weighted by atomic mass is 16.2. The molecule has 3 saturated carbocycles. The SMILES string of the molecule is CCCCCCCCCCCCCCNC(=O)[C@@H]1CN(C(=O)c2ccc(C(=O)N3C[C@@H](C(=O)N[C@H]4C[C@@H]4c4ccccc4)[C@H](C(=O)N[C@@H]4C[C@H]4c4ccccc4)C3)cc2)C[C@H]1C(=O)N[C@H]1C[C@@H]1c1ccccc1. The molecule has 73 heavy (non-hydrogen) atoms. The summed E-state index contributed by atoms with van der Waals surface area (Å²) in [5.74, 6) is -3.72. The van der Waals surface area contributed by atoms with Crippen molar-refractivity contribution >= 4 is 35.4 Å². The number of nitrogens with one attached hydrogen (secondary N) is 4. The van der Waals surface area contributed by atoms with Crippen molar-refractivity contribution in [3.63, 3.8) is 0 Å². The average molecular weight is 989 g/mol. The van der Waals surface area contributed by atoms with Crippen molar-refractivity contribution in [3.8, 4) is 0 Å². The summed E-state index contributed by atoms with van der Waals surface area (Å²) >= 11 is 0. The van der Waals surface area contributed by atoms with E-state index in [2.05, 4.69) is 64.6 Å². The molecule has 386 valence electrons. The zero-order chi connectivity index (χ0) is 50.7. The van der Waals surface area contributed by atoms with E-state index >= 15 is 0 Å². The first kappa shape index (κ1) is 51.6. The third kappa shape index (κ3) is 13.5. The van der Waals surface area contributed by atoms with Gasteiger partial charge in [-0.25, -0.2) is 0 Å². The fraction of sp³-hybridized carbons (Fsp3) is 0.508. The normalized spacial score (nSPS) is 25.7. The largest absolute Gasteiger partial charge is 0.356 e. The molecular weight excluding hydrogens is 913 g/mol. The quantitative estimate of drug-likeness (QED) is 0.0486. The van der Waals surface area contributed by atoms with Gasteiger partial charge in [0.15, 0.2) is 0 Å². The van der Waals surface area contributed by atoms with E-state index in [1.54, 1.807) is 34.1 Å². The number of carbonyl (C=O) groups is 6. The van der Waals surface area contributed by atoms with E-state index in [-0.39, 0.29) is 97.5 Å². The molecule has 2 saturated heterocycles. The third-order valence-electron chi connectivity index (χ3n) is 16.3. The number of unbranched alkanes of at least 4 members (excludes halogenated alkanes) is 11. The Morgan fingerprint density at radius 2 is 0.699 bits per heavy atom. The Kier molecular flexibility index (Phi) is 17.4. The van der Waals surface area contributed by atoms with Gasteiger partial charge in [0.2, 0.25) is 23.6 Å². The summed E-state index contributed by atoms with van der Waals surface area (Å²) in [4.78, 5) is 87.5. The van der Waals surface area contributed by atoms with Gasteiger partial charge in [-0.15, -0.1) is 0 Å². The first-order valence-corrected chi connectivity index (χ1v) is 27.7. The van der Waals surface area contributed by atoms with Crippen molar-refractivity contribution in [2.75, 3.05) is 32.7 Å². The Hall–Kier alpha value is -6.30. The minimum Gasteiger partial charge on any atom is -0.356 e. The number of hydrogen-bond acceptors (Lipinski definition) is 6. The summed E-state index contributed by atoms with van der Waals surface area (Å²) in [6.07, 6.45) is 17.2. The summed E-state index contributed by atoms with van der Waals surface area (Å²) in [7, 11) is 0. The lowest BCUT2D eigenvalue weighted by Crippen LogP contribution is -2.43. The van der Waals surface area contributed by atoms with E-state index in [4.69, 9.17) is 0 Å². The Bertz CT molecular complexity index is 2430. The maximum Gasteiger partial charge on any atom is 0.253 e. The zero-order valence-corrected chi connectivity index (χ0v) is 42.7. The van der Waals surface area contributed by atoms with E-state index in [1.807, 2.05) is 54.6 Å². The molecule has 0 radical (unpaired) electrons. The predicted molar refractivity (Wildman–Crippen MR) is 283 cm³/mol. The molecule has 9 rings (SSSR count). The molecule has 4 N–H and O–H groups in total. The molecule has 2 heterocycles. The smallest absolute Gasteiger partial charge is 0.253 e. The standard InChI is InChI=1S/C61H76N6O6/c1-2-3-4-5-6-7-8-9-10-11-12-22-33-62-56(68)49-37-66(38-50(49)57(69)63-53-34-46(53)41-23-16-13-17-24-41)60(72)44-29-31-45(32-30-44)61(73)67-39-51(58(70)64-54-35-47(54)42-25-18-14-19-26-42)52(40-67)59(71)65-55-36-48(55)43-27-20-15-21-28-43/h13-21,23-32,46-55H,2-12,22,33-40H2,1H3,(H,62,68)(H,63,69)(H,64,70)(H,65,71)/t46-,47-,48+,49-,50-,51-,52-,53+,54+,55-/m1/s1. The highest BCUT2D eigenvalue weighted by molar-refractivity contribution is 6.00. The van der Waals surface area contributed by atoms with Crippen LogP contribution in [0.25, 0.3) is 0 Å². The second kappa shape index (κ2) is 24.6. The highest BCUT2D eigenvalue weighted by Gasteiger charge is 2.50. The van der Waals surface area contributed by atoms with Crippen molar-refractivity contribution < 1.29 is 28.8 Å². The lowest BCUT2D eigenvalue weighted by atomic mass is 9.94. The van der Waals surface area contributed by atoms with Gasteiger partial charge in [0.1, 0.15) is 0 Å². The van der Waals surface area contributed by atoms with Gasteiger partial charge in [-0.2, -0.15) is 0 Å². The molecule has 10 atom stereocenters. The molecule has 12 nitrogen and oxygen atoms in total. The third-order valence-corrected chi connectivity index (χ3v) is 16.3. The first-order valence-electron chi connectivity index (χ1n) is 27.7. The van der Waals surface area contributed by atoms with E-state index in [9.17, 15) is 28.8 Å². The molecule has 4 aromatic rings. The van der Waals surface area contributed by atoms with Crippen LogP contribution in [0.1, 0.15) is 158 Å². The van der Waals surface area contributed by atoms with Crippen molar-refractivity contribution in [3.05, 3.63) is 143 Å². The highest BCUT2D eigenvalue weighted by Crippen LogP contribution is 2.44. The van der Waals surface area contributed by atoms with Crippen LogP contribution in [0.15, 0.2) is 115 Å². The summed E-state index contributed by atoms with van der Waals surface area (Å²) in [6, 6.07) is 36.6. The first-order chi connectivity index (χ1) is 35.7. The number of carbonyl (C=O) groups excluding carboxylic acids is 6. The molecule has 5 fully saturated rings. The molecule has 4 aromatic carbocycles. The van der Waals surface area contributed by atoms with E-state index < -0.39 is 23.7 Å². The topological polar surface area (TPSA) is 157 Å². The van der Waals surface area contributed by atoms with Crippen LogP contribution in [0.3, 0.4) is 0 Å². The monoisotopic (exact) mass is 989 g/mol. The summed E-state index contributed by atoms with van der Waals surface area (Å²) in [5.41, 5.74) is 4.18. The number of likely N-dealkylation sites (tertiary alicyclic amines) is 2. The second-order valence-corrected chi connectivity index (χ2v) is 21.7. The van der Waals surface area contributed by atoms with Crippen molar-refractivity contribution in [2.24, 2.45) is 23.7 Å². The molecular formula is C61H76N6O6. The van der Waals surface area contributed by atoms with Crippen LogP contribution in [-0.4, -0.2) is 96.1 Å². The van der Waals surface area contributed by atoms with E-state index in [0.29, 0.717) is 17.7 Å². The van der Waals surface area contributed by atoms with Crippen molar-refractivity contribution in [1.29, 1.82) is 0 Å². The summed E-state index contributed by atoms with van der Waals surface area (Å²) < 4.78 is 0. The van der Waals surface area contributed by atoms with Crippen molar-refractivity contribution in [1.82, 2.24) is 31.1 Å². The van der Waals surface area contributed by atoms with Gasteiger partial charge >= 0.3 is 0 Å². The van der Waals surface area contributed by atoms with Gasteiger partial charge in [0, 0.05) is 79.7 Å². The van der Waals surface area contributed by atoms with Crippen LogP contribution in [0, 0.1) is 23.7 Å². The lowest BCUT2D eigenvalue weighted by molar-refractivity contribution is -0.133. The molecule has 5 aliphatic rings. The van der Waals surface area contributed by atoms with Gasteiger partial charge in [0.25, 0.3) is 11.8 Å². The number of amides is 6. The Morgan fingerprint density at radius 1 is 0.397 bits per heavy atom. The zero-order valence-electron chi connectivity index (χ0n) is 42.7. The average Bonchev–Trinajstić information content (AvgIpc) is 4.39. The summed E-state index contributed by atoms with van der Waals surface area (Å²) in [6.45, 7) is 3.17. The van der Waals surface area contributed by atoms with Crippen LogP contribution in [0.5, 0.6) is 0 Å². The molecule has 6 amide bonds. The van der Waals surface area contributed by atoms with Gasteiger partial charge < -0.3 is 31.1 Å². The predicted octanol–water partition coefficient (Wildman–Crippen LogP) is 8.90. The molecule has 3 aliphatic carbocycles. The minimum atomic E-state index is -0.727. The van der Waals surface area contributed by atoms with E-state index in [1.165, 1.54) is 74.5 Å². The maximum atomic E-state index is 14.2. The number of nitrogens with zero attached hydrogens (tertiary/aromatic N) is 2. The van der Waals surface area contributed by atoms with Gasteiger partial charge in [-0.05, 0) is 66.6 Å². The Labute approximate surface area is 432 Å². The fourth-order valence-electron chi connectivity index (χ4n) is 11.6.